The number of hydrogen-bond acceptors (Lipinski definition) is 5. The van der Waals surface area contributed by atoms with Crippen molar-refractivity contribution in [3.8, 4) is 0 Å². The maximum Gasteiger partial charge on any atom is 0.229 e. The van der Waals surface area contributed by atoms with Crippen LogP contribution in [0.3, 0.4) is 0 Å². The van der Waals surface area contributed by atoms with Crippen LogP contribution < -0.4 is 15.5 Å². The molecule has 1 aromatic heterocycles. The molecular weight excluding hydrogens is 286 g/mol. The smallest absolute Gasteiger partial charge is 0.229 e. The first kappa shape index (κ1) is 15.3. The zero-order valence-electron chi connectivity index (χ0n) is 13.5. The number of nitrogens with one attached hydrogen (secondary N) is 2. The molecule has 0 atom stereocenters. The summed E-state index contributed by atoms with van der Waals surface area (Å²) in [4.78, 5) is 11.3. The third-order valence-electron chi connectivity index (χ3n) is 3.88. The van der Waals surface area contributed by atoms with Crippen LogP contribution in [0.15, 0.2) is 43.0 Å². The molecule has 1 aromatic carbocycles. The minimum atomic E-state index is 0.602. The maximum atomic E-state index is 4.47. The number of aryl methyl sites for hydroxylation is 1. The van der Waals surface area contributed by atoms with Gasteiger partial charge in [-0.25, -0.2) is 4.98 Å². The van der Waals surface area contributed by atoms with Gasteiger partial charge in [0.15, 0.2) is 0 Å². The number of anilines is 4. The van der Waals surface area contributed by atoms with Crippen molar-refractivity contribution >= 4 is 23.1 Å². The van der Waals surface area contributed by atoms with Gasteiger partial charge in [-0.2, -0.15) is 4.98 Å². The molecule has 1 aliphatic heterocycles. The maximum absolute atomic E-state index is 4.47. The van der Waals surface area contributed by atoms with E-state index in [9.17, 15) is 0 Å². The first-order chi connectivity index (χ1) is 11.2. The van der Waals surface area contributed by atoms with Gasteiger partial charge in [-0.15, -0.1) is 6.58 Å². The van der Waals surface area contributed by atoms with Crippen LogP contribution in [0, 0.1) is 6.92 Å². The zero-order valence-corrected chi connectivity index (χ0v) is 13.5. The van der Waals surface area contributed by atoms with Gasteiger partial charge in [0.2, 0.25) is 5.95 Å². The Hall–Kier alpha value is -2.56. The Morgan fingerprint density at radius 3 is 2.61 bits per heavy atom. The van der Waals surface area contributed by atoms with E-state index in [1.54, 1.807) is 0 Å². The Balaban J connectivity index is 1.70. The molecule has 0 saturated carbocycles. The second-order valence-corrected chi connectivity index (χ2v) is 5.75. The number of rotatable bonds is 6. The Labute approximate surface area is 137 Å². The van der Waals surface area contributed by atoms with E-state index in [0.717, 1.165) is 30.3 Å². The molecule has 0 bridgehead atoms. The molecule has 0 radical (unpaired) electrons. The predicted octanol–water partition coefficient (Wildman–Crippen LogP) is 3.73. The van der Waals surface area contributed by atoms with Gasteiger partial charge < -0.3 is 15.5 Å². The Kier molecular flexibility index (Phi) is 4.76. The molecule has 0 spiro atoms. The fraction of sp³-hybridized carbons (Fsp3) is 0.333. The molecule has 1 saturated heterocycles. The first-order valence-electron chi connectivity index (χ1n) is 8.07. The van der Waals surface area contributed by atoms with Crippen molar-refractivity contribution in [2.45, 2.75) is 19.8 Å². The van der Waals surface area contributed by atoms with Crippen molar-refractivity contribution in [1.29, 1.82) is 0 Å². The molecule has 2 heterocycles. The average molecular weight is 309 g/mol. The molecule has 5 nitrogen and oxygen atoms in total. The minimum absolute atomic E-state index is 0.602. The summed E-state index contributed by atoms with van der Waals surface area (Å²) < 4.78 is 0. The molecule has 0 amide bonds. The van der Waals surface area contributed by atoms with E-state index in [0.29, 0.717) is 12.5 Å². The van der Waals surface area contributed by atoms with Gasteiger partial charge in [-0.1, -0.05) is 6.08 Å². The number of hydrogen-bond donors (Lipinski definition) is 2. The zero-order chi connectivity index (χ0) is 16.1. The van der Waals surface area contributed by atoms with Crippen LogP contribution in [-0.4, -0.2) is 29.6 Å². The van der Waals surface area contributed by atoms with Gasteiger partial charge in [0.05, 0.1) is 0 Å². The Morgan fingerprint density at radius 2 is 1.91 bits per heavy atom. The molecule has 1 aliphatic rings. The van der Waals surface area contributed by atoms with Gasteiger partial charge in [0, 0.05) is 42.8 Å². The lowest BCUT2D eigenvalue weighted by atomic mass is 10.2. The normalized spacial score (nSPS) is 13.9. The SMILES string of the molecule is C=CCNc1cc(C)nc(Nc2ccc(N3CCCC3)cc2)n1. The van der Waals surface area contributed by atoms with Crippen LogP contribution in [0.4, 0.5) is 23.1 Å². The highest BCUT2D eigenvalue weighted by Gasteiger charge is 2.12. The molecular formula is C18H23N5. The van der Waals surface area contributed by atoms with Gasteiger partial charge in [0.1, 0.15) is 5.82 Å². The Morgan fingerprint density at radius 1 is 1.17 bits per heavy atom. The summed E-state index contributed by atoms with van der Waals surface area (Å²) >= 11 is 0. The standard InChI is InChI=1S/C18H23N5/c1-3-10-19-17-13-14(2)20-18(22-17)21-15-6-8-16(9-7-15)23-11-4-5-12-23/h3,6-9,13H,1,4-5,10-12H2,2H3,(H2,19,20,21,22). The quantitative estimate of drug-likeness (QED) is 0.796. The van der Waals surface area contributed by atoms with E-state index in [-0.39, 0.29) is 0 Å². The van der Waals surface area contributed by atoms with Gasteiger partial charge in [0.25, 0.3) is 0 Å². The van der Waals surface area contributed by atoms with Crippen LogP contribution in [0.1, 0.15) is 18.5 Å². The van der Waals surface area contributed by atoms with Crippen molar-refractivity contribution in [2.75, 3.05) is 35.2 Å². The lowest BCUT2D eigenvalue weighted by Crippen LogP contribution is -2.17. The largest absolute Gasteiger partial charge is 0.372 e. The predicted molar refractivity (Wildman–Crippen MR) is 96.6 cm³/mol. The third-order valence-corrected chi connectivity index (χ3v) is 3.88. The highest BCUT2D eigenvalue weighted by molar-refractivity contribution is 5.60. The summed E-state index contributed by atoms with van der Waals surface area (Å²) in [5, 5.41) is 6.46. The fourth-order valence-corrected chi connectivity index (χ4v) is 2.75. The van der Waals surface area contributed by atoms with Crippen molar-refractivity contribution in [2.24, 2.45) is 0 Å². The highest BCUT2D eigenvalue weighted by Crippen LogP contribution is 2.23. The van der Waals surface area contributed by atoms with Crippen LogP contribution in [0.5, 0.6) is 0 Å². The summed E-state index contributed by atoms with van der Waals surface area (Å²) in [5.74, 6) is 1.40. The van der Waals surface area contributed by atoms with Crippen LogP contribution in [-0.2, 0) is 0 Å². The molecule has 2 N–H and O–H groups in total. The van der Waals surface area contributed by atoms with Gasteiger partial charge in [-0.3, -0.25) is 0 Å². The van der Waals surface area contributed by atoms with E-state index < -0.39 is 0 Å². The van der Waals surface area contributed by atoms with Crippen molar-refractivity contribution in [3.63, 3.8) is 0 Å². The topological polar surface area (TPSA) is 53.1 Å². The lowest BCUT2D eigenvalue weighted by Gasteiger charge is -2.17. The highest BCUT2D eigenvalue weighted by atomic mass is 15.2. The first-order valence-corrected chi connectivity index (χ1v) is 8.07. The second-order valence-electron chi connectivity index (χ2n) is 5.75. The molecule has 120 valence electrons. The van der Waals surface area contributed by atoms with E-state index in [2.05, 4.69) is 56.3 Å². The molecule has 3 rings (SSSR count). The van der Waals surface area contributed by atoms with E-state index >= 15 is 0 Å². The molecule has 1 fully saturated rings. The summed E-state index contributed by atoms with van der Waals surface area (Å²) in [7, 11) is 0. The van der Waals surface area contributed by atoms with E-state index in [1.807, 2.05) is 19.1 Å². The number of nitrogens with zero attached hydrogens (tertiary/aromatic N) is 3. The molecule has 0 aliphatic carbocycles. The fourth-order valence-electron chi connectivity index (χ4n) is 2.75. The summed E-state index contributed by atoms with van der Waals surface area (Å²) in [6.07, 6.45) is 4.39. The van der Waals surface area contributed by atoms with Crippen LogP contribution in [0.25, 0.3) is 0 Å². The molecule has 0 unspecified atom stereocenters. The Bertz CT molecular complexity index is 660. The van der Waals surface area contributed by atoms with E-state index in [1.165, 1.54) is 18.5 Å². The third kappa shape index (κ3) is 4.00. The molecule has 23 heavy (non-hydrogen) atoms. The van der Waals surface area contributed by atoms with Gasteiger partial charge >= 0.3 is 0 Å². The average Bonchev–Trinajstić information content (AvgIpc) is 3.07. The second kappa shape index (κ2) is 7.13. The summed E-state index contributed by atoms with van der Waals surface area (Å²) in [6.45, 7) is 8.66. The summed E-state index contributed by atoms with van der Waals surface area (Å²) in [6, 6.07) is 10.4. The van der Waals surface area contributed by atoms with Crippen molar-refractivity contribution in [3.05, 3.63) is 48.7 Å². The van der Waals surface area contributed by atoms with Crippen molar-refractivity contribution < 1.29 is 0 Å². The van der Waals surface area contributed by atoms with E-state index in [4.69, 9.17) is 0 Å². The van der Waals surface area contributed by atoms with Crippen LogP contribution >= 0.6 is 0 Å². The lowest BCUT2D eigenvalue weighted by molar-refractivity contribution is 0.949. The minimum Gasteiger partial charge on any atom is -0.372 e. The van der Waals surface area contributed by atoms with Crippen LogP contribution in [0.2, 0.25) is 0 Å². The molecule has 2 aromatic rings. The van der Waals surface area contributed by atoms with Crippen molar-refractivity contribution in [1.82, 2.24) is 9.97 Å². The summed E-state index contributed by atoms with van der Waals surface area (Å²) in [5.41, 5.74) is 3.20. The monoisotopic (exact) mass is 309 g/mol. The number of aromatic nitrogens is 2. The number of benzene rings is 1. The molecule has 5 heteroatoms. The van der Waals surface area contributed by atoms with Gasteiger partial charge in [-0.05, 0) is 44.0 Å².